The van der Waals surface area contributed by atoms with Gasteiger partial charge in [-0.2, -0.15) is 0 Å². The summed E-state index contributed by atoms with van der Waals surface area (Å²) < 4.78 is 48.1. The monoisotopic (exact) mass is 372 g/mol. The van der Waals surface area contributed by atoms with Crippen molar-refractivity contribution in [3.8, 4) is 0 Å². The second-order valence-corrected chi connectivity index (χ2v) is 7.58. The number of hydrogen-bond acceptors (Lipinski definition) is 4. The number of nitrogens with one attached hydrogen (secondary N) is 1. The second kappa shape index (κ2) is 7.73. The van der Waals surface area contributed by atoms with Crippen LogP contribution < -0.4 is 10.5 Å². The van der Waals surface area contributed by atoms with Crippen LogP contribution in [0.5, 0.6) is 0 Å². The third kappa shape index (κ3) is 5.91. The van der Waals surface area contributed by atoms with Crippen molar-refractivity contribution in [2.45, 2.75) is 10.6 Å². The van der Waals surface area contributed by atoms with Gasteiger partial charge in [0, 0.05) is 10.6 Å². The lowest BCUT2D eigenvalue weighted by Crippen LogP contribution is -2.16. The van der Waals surface area contributed by atoms with Crippen LogP contribution in [0.2, 0.25) is 0 Å². The summed E-state index contributed by atoms with van der Waals surface area (Å²) in [6.07, 6.45) is 0. The van der Waals surface area contributed by atoms with Crippen LogP contribution in [-0.2, 0) is 20.6 Å². The maximum atomic E-state index is 13.1. The quantitative estimate of drug-likeness (QED) is 0.763. The molecular weight excluding hydrogens is 358 g/mol. The van der Waals surface area contributed by atoms with Crippen molar-refractivity contribution in [3.05, 3.63) is 59.7 Å². The van der Waals surface area contributed by atoms with Gasteiger partial charge in [0.1, 0.15) is 0 Å². The number of sulfonamides is 1. The van der Waals surface area contributed by atoms with Crippen molar-refractivity contribution in [1.82, 2.24) is 0 Å². The Bertz CT molecular complexity index is 858. The number of halogens is 2. The zero-order valence-corrected chi connectivity index (χ0v) is 14.0. The number of thioether (sulfide) groups is 1. The van der Waals surface area contributed by atoms with Crippen LogP contribution in [0.25, 0.3) is 0 Å². The molecule has 0 atom stereocenters. The van der Waals surface area contributed by atoms with Crippen LogP contribution in [0.3, 0.4) is 0 Å². The van der Waals surface area contributed by atoms with Crippen LogP contribution in [0, 0.1) is 11.6 Å². The molecule has 0 unspecified atom stereocenters. The van der Waals surface area contributed by atoms with Crippen molar-refractivity contribution >= 4 is 33.4 Å². The Kier molecular flexibility index (Phi) is 5.92. The predicted octanol–water partition coefficient (Wildman–Crippen LogP) is 2.48. The predicted molar refractivity (Wildman–Crippen MR) is 89.0 cm³/mol. The molecule has 2 rings (SSSR count). The van der Waals surface area contributed by atoms with E-state index in [4.69, 9.17) is 5.14 Å². The zero-order chi connectivity index (χ0) is 17.7. The number of carbonyl (C=O) groups excluding carboxylic acids is 1. The van der Waals surface area contributed by atoms with Gasteiger partial charge in [-0.3, -0.25) is 4.79 Å². The first kappa shape index (κ1) is 18.4. The lowest BCUT2D eigenvalue weighted by Gasteiger charge is -2.07. The summed E-state index contributed by atoms with van der Waals surface area (Å²) in [5, 5.41) is 7.58. The van der Waals surface area contributed by atoms with E-state index in [-0.39, 0.29) is 17.4 Å². The summed E-state index contributed by atoms with van der Waals surface area (Å²) in [6.45, 7) is 0. The molecule has 0 aliphatic heterocycles. The highest BCUT2D eigenvalue weighted by Gasteiger charge is 2.09. The first-order chi connectivity index (χ1) is 11.2. The topological polar surface area (TPSA) is 89.3 Å². The molecule has 3 N–H and O–H groups in total. The summed E-state index contributed by atoms with van der Waals surface area (Å²) in [4.78, 5) is 12.3. The standard InChI is InChI=1S/C15H14F2N2O3S2/c16-13-5-4-12(7-14(13)17)23-8-15(20)19-11-3-1-2-10(6-11)9-24(18,21)22/h1-7H,8-9H2,(H,19,20)(H2,18,21,22). The molecule has 0 saturated carbocycles. The average Bonchev–Trinajstić information content (AvgIpc) is 2.47. The molecule has 1 amide bonds. The fourth-order valence-electron chi connectivity index (χ4n) is 1.88. The van der Waals surface area contributed by atoms with Crippen molar-refractivity contribution in [2.24, 2.45) is 5.14 Å². The van der Waals surface area contributed by atoms with Gasteiger partial charge < -0.3 is 5.32 Å². The third-order valence-electron chi connectivity index (χ3n) is 2.84. The van der Waals surface area contributed by atoms with Gasteiger partial charge in [0.25, 0.3) is 0 Å². The molecule has 0 spiro atoms. The smallest absolute Gasteiger partial charge is 0.234 e. The summed E-state index contributed by atoms with van der Waals surface area (Å²) in [6, 6.07) is 9.67. The van der Waals surface area contributed by atoms with E-state index in [1.807, 2.05) is 0 Å². The van der Waals surface area contributed by atoms with Crippen molar-refractivity contribution in [2.75, 3.05) is 11.1 Å². The number of amides is 1. The average molecular weight is 372 g/mol. The summed E-state index contributed by atoms with van der Waals surface area (Å²) in [5.41, 5.74) is 0.871. The Morgan fingerprint density at radius 2 is 1.88 bits per heavy atom. The van der Waals surface area contributed by atoms with Gasteiger partial charge in [-0.1, -0.05) is 12.1 Å². The third-order valence-corrected chi connectivity index (χ3v) is 4.57. The summed E-state index contributed by atoms with van der Waals surface area (Å²) in [5.74, 6) is -2.63. The van der Waals surface area contributed by atoms with E-state index < -0.39 is 21.7 Å². The number of benzene rings is 2. The molecule has 0 saturated heterocycles. The van der Waals surface area contributed by atoms with Gasteiger partial charge >= 0.3 is 0 Å². The molecule has 0 fully saturated rings. The Labute approximate surface area is 142 Å². The SMILES string of the molecule is NS(=O)(=O)Cc1cccc(NC(=O)CSc2ccc(F)c(F)c2)c1. The highest BCUT2D eigenvalue weighted by Crippen LogP contribution is 2.21. The fourth-order valence-corrected chi connectivity index (χ4v) is 3.25. The molecule has 9 heteroatoms. The van der Waals surface area contributed by atoms with Gasteiger partial charge in [0.2, 0.25) is 15.9 Å². The Balaban J connectivity index is 1.94. The van der Waals surface area contributed by atoms with E-state index in [1.165, 1.54) is 12.1 Å². The maximum absolute atomic E-state index is 13.1. The first-order valence-corrected chi connectivity index (χ1v) is 9.40. The van der Waals surface area contributed by atoms with Crippen molar-refractivity contribution < 1.29 is 22.0 Å². The highest BCUT2D eigenvalue weighted by molar-refractivity contribution is 8.00. The molecule has 5 nitrogen and oxygen atoms in total. The fraction of sp³-hybridized carbons (Fsp3) is 0.133. The van der Waals surface area contributed by atoms with Gasteiger partial charge in [-0.25, -0.2) is 22.3 Å². The normalized spacial score (nSPS) is 11.3. The Hall–Kier alpha value is -1.97. The number of primary sulfonamides is 1. The number of carbonyl (C=O) groups is 1. The Morgan fingerprint density at radius 3 is 2.54 bits per heavy atom. The van der Waals surface area contributed by atoms with E-state index in [1.54, 1.807) is 18.2 Å². The molecule has 0 aromatic heterocycles. The molecule has 2 aromatic carbocycles. The lowest BCUT2D eigenvalue weighted by molar-refractivity contribution is -0.113. The molecule has 0 radical (unpaired) electrons. The number of anilines is 1. The van der Waals surface area contributed by atoms with E-state index >= 15 is 0 Å². The molecule has 0 aliphatic carbocycles. The van der Waals surface area contributed by atoms with Crippen LogP contribution in [0.4, 0.5) is 14.5 Å². The Morgan fingerprint density at radius 1 is 1.12 bits per heavy atom. The van der Waals surface area contributed by atoms with Crippen LogP contribution >= 0.6 is 11.8 Å². The number of rotatable bonds is 6. The molecule has 0 bridgehead atoms. The molecule has 2 aromatic rings. The largest absolute Gasteiger partial charge is 0.325 e. The van der Waals surface area contributed by atoms with Crippen LogP contribution in [-0.4, -0.2) is 20.1 Å². The van der Waals surface area contributed by atoms with E-state index in [9.17, 15) is 22.0 Å². The van der Waals surface area contributed by atoms with Gasteiger partial charge in [-0.05, 0) is 35.9 Å². The van der Waals surface area contributed by atoms with E-state index in [0.717, 1.165) is 23.9 Å². The summed E-state index contributed by atoms with van der Waals surface area (Å²) >= 11 is 1.05. The highest BCUT2D eigenvalue weighted by atomic mass is 32.2. The molecule has 0 aliphatic rings. The van der Waals surface area contributed by atoms with Crippen LogP contribution in [0.15, 0.2) is 47.4 Å². The van der Waals surface area contributed by atoms with Gasteiger partial charge in [-0.15, -0.1) is 11.8 Å². The summed E-state index contributed by atoms with van der Waals surface area (Å²) in [7, 11) is -3.66. The van der Waals surface area contributed by atoms with E-state index in [2.05, 4.69) is 5.32 Å². The minimum atomic E-state index is -3.66. The molecule has 24 heavy (non-hydrogen) atoms. The molecule has 128 valence electrons. The van der Waals surface area contributed by atoms with Crippen LogP contribution in [0.1, 0.15) is 5.56 Å². The minimum Gasteiger partial charge on any atom is -0.325 e. The maximum Gasteiger partial charge on any atom is 0.234 e. The zero-order valence-electron chi connectivity index (χ0n) is 12.3. The molecular formula is C15H14F2N2O3S2. The van der Waals surface area contributed by atoms with Crippen molar-refractivity contribution in [3.63, 3.8) is 0 Å². The molecule has 0 heterocycles. The second-order valence-electron chi connectivity index (χ2n) is 4.92. The van der Waals surface area contributed by atoms with Gasteiger partial charge in [0.05, 0.1) is 11.5 Å². The minimum absolute atomic E-state index is 0.00944. The van der Waals surface area contributed by atoms with Crippen molar-refractivity contribution in [1.29, 1.82) is 0 Å². The van der Waals surface area contributed by atoms with Gasteiger partial charge in [0.15, 0.2) is 11.6 Å². The number of nitrogens with two attached hydrogens (primary N) is 1. The number of hydrogen-bond donors (Lipinski definition) is 2. The van der Waals surface area contributed by atoms with E-state index in [0.29, 0.717) is 16.1 Å². The first-order valence-electron chi connectivity index (χ1n) is 6.70. The lowest BCUT2D eigenvalue weighted by atomic mass is 10.2.